The molecule has 0 atom stereocenters. The van der Waals surface area contributed by atoms with Gasteiger partial charge in [-0.05, 0) is 6.07 Å². The van der Waals surface area contributed by atoms with Gasteiger partial charge in [-0.2, -0.15) is 5.10 Å². The van der Waals surface area contributed by atoms with Crippen LogP contribution in [0.1, 0.15) is 5.69 Å². The van der Waals surface area contributed by atoms with E-state index >= 15 is 0 Å². The molecule has 3 rings (SSSR count). The molecule has 1 aliphatic heterocycles. The Hall–Kier alpha value is -2.06. The number of fused-ring (bicyclic) bond motifs is 1. The van der Waals surface area contributed by atoms with Gasteiger partial charge in [0.2, 0.25) is 0 Å². The third-order valence-electron chi connectivity index (χ3n) is 3.67. The van der Waals surface area contributed by atoms with Crippen LogP contribution in [0.2, 0.25) is 5.02 Å². The number of halogens is 1. The summed E-state index contributed by atoms with van der Waals surface area (Å²) in [7, 11) is 0. The van der Waals surface area contributed by atoms with Crippen LogP contribution in [-0.2, 0) is 6.54 Å². The van der Waals surface area contributed by atoms with Crippen LogP contribution in [0.5, 0.6) is 0 Å². The normalized spacial score (nSPS) is 16.5. The van der Waals surface area contributed by atoms with E-state index in [1.165, 1.54) is 11.2 Å². The maximum absolute atomic E-state index is 10.9. The zero-order valence-corrected chi connectivity index (χ0v) is 12.0. The second kappa shape index (κ2) is 5.38. The highest BCUT2D eigenvalue weighted by atomic mass is 35.5. The van der Waals surface area contributed by atoms with Gasteiger partial charge >= 0.3 is 6.09 Å². The number of nitrogen functional groups attached to an aromatic ring is 1. The molecule has 0 aliphatic carbocycles. The standard InChI is InChI=1S/C12H15ClN6O2/c13-8-5-9-11(14)15-7-16-19(9)10(8)6-17-1-3-18(4-2-17)12(20)21/h5,7H,1-4,6H2,(H,20,21)(H2,14,15,16). The summed E-state index contributed by atoms with van der Waals surface area (Å²) in [6.45, 7) is 2.91. The summed E-state index contributed by atoms with van der Waals surface area (Å²) in [5, 5.41) is 13.7. The smallest absolute Gasteiger partial charge is 0.407 e. The van der Waals surface area contributed by atoms with Crippen LogP contribution < -0.4 is 5.73 Å². The predicted octanol–water partition coefficient (Wildman–Crippen LogP) is 0.760. The monoisotopic (exact) mass is 310 g/mol. The maximum atomic E-state index is 10.9. The van der Waals surface area contributed by atoms with E-state index in [0.717, 1.165) is 5.69 Å². The number of anilines is 1. The second-order valence-corrected chi connectivity index (χ2v) is 5.33. The van der Waals surface area contributed by atoms with Gasteiger partial charge in [-0.25, -0.2) is 14.3 Å². The van der Waals surface area contributed by atoms with Crippen molar-refractivity contribution >= 4 is 29.0 Å². The van der Waals surface area contributed by atoms with Crippen LogP contribution in [0.4, 0.5) is 10.6 Å². The Morgan fingerprint density at radius 1 is 1.38 bits per heavy atom. The molecular weight excluding hydrogens is 296 g/mol. The first-order valence-electron chi connectivity index (χ1n) is 6.53. The predicted molar refractivity (Wildman–Crippen MR) is 77.3 cm³/mol. The number of hydrogen-bond donors (Lipinski definition) is 2. The lowest BCUT2D eigenvalue weighted by Crippen LogP contribution is -2.47. The summed E-state index contributed by atoms with van der Waals surface area (Å²) in [5.74, 6) is 0.383. The van der Waals surface area contributed by atoms with Gasteiger partial charge < -0.3 is 15.7 Å². The number of rotatable bonds is 2. The van der Waals surface area contributed by atoms with Crippen LogP contribution in [-0.4, -0.2) is 61.8 Å². The molecule has 1 saturated heterocycles. The van der Waals surface area contributed by atoms with E-state index in [2.05, 4.69) is 15.0 Å². The van der Waals surface area contributed by atoms with Crippen molar-refractivity contribution in [1.29, 1.82) is 0 Å². The lowest BCUT2D eigenvalue weighted by molar-refractivity contribution is 0.102. The van der Waals surface area contributed by atoms with E-state index in [1.54, 1.807) is 10.6 Å². The molecule has 1 aliphatic rings. The van der Waals surface area contributed by atoms with E-state index in [4.69, 9.17) is 22.4 Å². The van der Waals surface area contributed by atoms with Gasteiger partial charge in [0.25, 0.3) is 0 Å². The molecule has 2 aromatic heterocycles. The third kappa shape index (κ3) is 2.59. The molecule has 3 N–H and O–H groups in total. The first-order valence-corrected chi connectivity index (χ1v) is 6.91. The summed E-state index contributed by atoms with van der Waals surface area (Å²) in [6, 6.07) is 1.75. The average molecular weight is 311 g/mol. The molecule has 0 radical (unpaired) electrons. The molecule has 0 saturated carbocycles. The van der Waals surface area contributed by atoms with Gasteiger partial charge in [0.05, 0.1) is 10.7 Å². The Bertz CT molecular complexity index is 680. The minimum Gasteiger partial charge on any atom is -0.465 e. The maximum Gasteiger partial charge on any atom is 0.407 e. The quantitative estimate of drug-likeness (QED) is 0.849. The summed E-state index contributed by atoms with van der Waals surface area (Å²) in [4.78, 5) is 18.4. The van der Waals surface area contributed by atoms with Crippen molar-refractivity contribution in [2.75, 3.05) is 31.9 Å². The summed E-state index contributed by atoms with van der Waals surface area (Å²) in [5.41, 5.74) is 7.33. The summed E-state index contributed by atoms with van der Waals surface area (Å²) in [6.07, 6.45) is 0.520. The van der Waals surface area contributed by atoms with Crippen molar-refractivity contribution < 1.29 is 9.90 Å². The lowest BCUT2D eigenvalue weighted by atomic mass is 10.3. The Balaban J connectivity index is 1.79. The van der Waals surface area contributed by atoms with Gasteiger partial charge in [0, 0.05) is 32.7 Å². The van der Waals surface area contributed by atoms with Gasteiger partial charge in [-0.1, -0.05) is 11.6 Å². The van der Waals surface area contributed by atoms with Crippen molar-refractivity contribution in [2.45, 2.75) is 6.54 Å². The van der Waals surface area contributed by atoms with Crippen LogP contribution >= 0.6 is 11.6 Å². The number of nitrogens with two attached hydrogens (primary N) is 1. The number of piperazine rings is 1. The highest BCUT2D eigenvalue weighted by Crippen LogP contribution is 2.24. The average Bonchev–Trinajstić information content (AvgIpc) is 2.78. The third-order valence-corrected chi connectivity index (χ3v) is 3.99. The molecule has 3 heterocycles. The van der Waals surface area contributed by atoms with E-state index < -0.39 is 6.09 Å². The number of aromatic nitrogens is 3. The van der Waals surface area contributed by atoms with Crippen molar-refractivity contribution in [2.24, 2.45) is 0 Å². The molecule has 0 aromatic carbocycles. The van der Waals surface area contributed by atoms with E-state index in [9.17, 15) is 4.79 Å². The number of hydrogen-bond acceptors (Lipinski definition) is 5. The first kappa shape index (κ1) is 13.9. The highest BCUT2D eigenvalue weighted by Gasteiger charge is 2.22. The van der Waals surface area contributed by atoms with Crippen molar-refractivity contribution in [1.82, 2.24) is 24.4 Å². The minimum atomic E-state index is -0.874. The fourth-order valence-corrected chi connectivity index (χ4v) is 2.73. The molecule has 112 valence electrons. The SMILES string of the molecule is Nc1ncnn2c(CN3CCN(C(=O)O)CC3)c(Cl)cc12. The van der Waals surface area contributed by atoms with Crippen LogP contribution in [0, 0.1) is 0 Å². The molecule has 2 aromatic rings. The molecule has 1 amide bonds. The zero-order valence-electron chi connectivity index (χ0n) is 11.2. The van der Waals surface area contributed by atoms with E-state index in [-0.39, 0.29) is 0 Å². The largest absolute Gasteiger partial charge is 0.465 e. The fourth-order valence-electron chi connectivity index (χ4n) is 2.48. The Kier molecular flexibility index (Phi) is 3.56. The van der Waals surface area contributed by atoms with Crippen LogP contribution in [0.3, 0.4) is 0 Å². The highest BCUT2D eigenvalue weighted by molar-refractivity contribution is 6.31. The van der Waals surface area contributed by atoms with E-state index in [1.807, 2.05) is 0 Å². The second-order valence-electron chi connectivity index (χ2n) is 4.93. The zero-order chi connectivity index (χ0) is 15.0. The molecule has 21 heavy (non-hydrogen) atoms. The Morgan fingerprint density at radius 2 is 2.10 bits per heavy atom. The fraction of sp³-hybridized carbons (Fsp3) is 0.417. The number of carboxylic acid groups (broad SMARTS) is 1. The van der Waals surface area contributed by atoms with Gasteiger partial charge in [-0.3, -0.25) is 4.90 Å². The molecule has 0 bridgehead atoms. The molecule has 9 heteroatoms. The molecule has 1 fully saturated rings. The van der Waals surface area contributed by atoms with Crippen molar-refractivity contribution in [3.63, 3.8) is 0 Å². The Morgan fingerprint density at radius 3 is 2.76 bits per heavy atom. The number of nitrogens with zero attached hydrogens (tertiary/aromatic N) is 5. The number of carbonyl (C=O) groups is 1. The minimum absolute atomic E-state index is 0.383. The van der Waals surface area contributed by atoms with Crippen LogP contribution in [0.15, 0.2) is 12.4 Å². The van der Waals surface area contributed by atoms with Gasteiger partial charge in [-0.15, -0.1) is 0 Å². The molecule has 0 spiro atoms. The van der Waals surface area contributed by atoms with Crippen molar-refractivity contribution in [3.8, 4) is 0 Å². The summed E-state index contributed by atoms with van der Waals surface area (Å²) < 4.78 is 1.69. The van der Waals surface area contributed by atoms with Crippen molar-refractivity contribution in [3.05, 3.63) is 23.1 Å². The molecular formula is C12H15ClN6O2. The molecule has 0 unspecified atom stereocenters. The molecule has 8 nitrogen and oxygen atoms in total. The first-order chi connectivity index (χ1) is 10.1. The van der Waals surface area contributed by atoms with Gasteiger partial charge in [0.1, 0.15) is 11.8 Å². The summed E-state index contributed by atoms with van der Waals surface area (Å²) >= 11 is 6.26. The van der Waals surface area contributed by atoms with Gasteiger partial charge in [0.15, 0.2) is 5.82 Å². The number of amides is 1. The lowest BCUT2D eigenvalue weighted by Gasteiger charge is -2.32. The Labute approximate surface area is 125 Å². The van der Waals surface area contributed by atoms with E-state index in [0.29, 0.717) is 49.1 Å². The topological polar surface area (TPSA) is 100.0 Å². The van der Waals surface area contributed by atoms with Crippen LogP contribution in [0.25, 0.3) is 5.52 Å².